The average Bonchev–Trinajstić information content (AvgIpc) is 3.14. The van der Waals surface area contributed by atoms with Gasteiger partial charge in [-0.25, -0.2) is 0 Å². The van der Waals surface area contributed by atoms with E-state index in [-0.39, 0.29) is 5.91 Å². The maximum Gasteiger partial charge on any atom is 0.224 e. The van der Waals surface area contributed by atoms with Gasteiger partial charge >= 0.3 is 0 Å². The predicted molar refractivity (Wildman–Crippen MR) is 98.1 cm³/mol. The zero-order valence-corrected chi connectivity index (χ0v) is 14.7. The Morgan fingerprint density at radius 3 is 2.62 bits per heavy atom. The molecular weight excluding hydrogens is 332 g/mol. The molecule has 1 atom stereocenters. The maximum absolute atomic E-state index is 11.6. The summed E-state index contributed by atoms with van der Waals surface area (Å²) in [5, 5.41) is 20.8. The highest BCUT2D eigenvalue weighted by Crippen LogP contribution is 2.32. The standard InChI is InChI=1S/C18H24N6O2/c25-14(11-23-12-19-20-13-23)10-22-6-8-24(9-7-22)17-3-1-2-16-15(17)4-5-18(26)21-16/h1-3,12-14,25H,4-11H2,(H,21,26). The van der Waals surface area contributed by atoms with Crippen molar-refractivity contribution in [2.75, 3.05) is 42.9 Å². The quantitative estimate of drug-likeness (QED) is 0.804. The van der Waals surface area contributed by atoms with Crippen molar-refractivity contribution < 1.29 is 9.90 Å². The number of aliphatic hydroxyl groups excluding tert-OH is 1. The summed E-state index contributed by atoms with van der Waals surface area (Å²) in [6.07, 6.45) is 4.17. The number of carbonyl (C=O) groups is 1. The van der Waals surface area contributed by atoms with E-state index in [9.17, 15) is 9.90 Å². The molecule has 0 spiro atoms. The summed E-state index contributed by atoms with van der Waals surface area (Å²) in [7, 11) is 0. The van der Waals surface area contributed by atoms with Crippen LogP contribution in [0.2, 0.25) is 0 Å². The number of aromatic nitrogens is 3. The highest BCUT2D eigenvalue weighted by Gasteiger charge is 2.24. The van der Waals surface area contributed by atoms with Crippen LogP contribution in [0.1, 0.15) is 12.0 Å². The number of piperazine rings is 1. The zero-order valence-electron chi connectivity index (χ0n) is 14.7. The molecule has 8 heteroatoms. The molecule has 2 aromatic rings. The zero-order chi connectivity index (χ0) is 17.9. The Morgan fingerprint density at radius 1 is 1.08 bits per heavy atom. The fourth-order valence-electron chi connectivity index (χ4n) is 3.79. The molecule has 0 radical (unpaired) electrons. The van der Waals surface area contributed by atoms with Crippen molar-refractivity contribution in [1.82, 2.24) is 19.7 Å². The van der Waals surface area contributed by atoms with E-state index >= 15 is 0 Å². The third-order valence-electron chi connectivity index (χ3n) is 5.10. The molecule has 0 bridgehead atoms. The third kappa shape index (κ3) is 3.71. The Balaban J connectivity index is 1.34. The molecule has 2 aliphatic heterocycles. The number of fused-ring (bicyclic) bond motifs is 1. The Labute approximate surface area is 152 Å². The van der Waals surface area contributed by atoms with Gasteiger partial charge in [0.1, 0.15) is 12.7 Å². The van der Waals surface area contributed by atoms with E-state index in [0.29, 0.717) is 19.5 Å². The Hall–Kier alpha value is -2.45. The number of carbonyl (C=O) groups excluding carboxylic acids is 1. The molecule has 2 N–H and O–H groups in total. The van der Waals surface area contributed by atoms with Crippen molar-refractivity contribution >= 4 is 17.3 Å². The van der Waals surface area contributed by atoms with Gasteiger partial charge in [-0.1, -0.05) is 6.07 Å². The molecule has 1 unspecified atom stereocenters. The first-order valence-corrected chi connectivity index (χ1v) is 9.08. The third-order valence-corrected chi connectivity index (χ3v) is 5.10. The summed E-state index contributed by atoms with van der Waals surface area (Å²) in [4.78, 5) is 16.3. The number of nitrogens with one attached hydrogen (secondary N) is 1. The van der Waals surface area contributed by atoms with Crippen LogP contribution >= 0.6 is 0 Å². The van der Waals surface area contributed by atoms with Crippen LogP contribution in [0, 0.1) is 0 Å². The van der Waals surface area contributed by atoms with Crippen molar-refractivity contribution in [2.24, 2.45) is 0 Å². The number of anilines is 2. The molecular formula is C18H24N6O2. The predicted octanol–water partition coefficient (Wildman–Crippen LogP) is 0.346. The molecule has 138 valence electrons. The van der Waals surface area contributed by atoms with E-state index in [2.05, 4.69) is 31.4 Å². The second kappa shape index (κ2) is 7.43. The summed E-state index contributed by atoms with van der Waals surface area (Å²) in [5.74, 6) is 0.0987. The largest absolute Gasteiger partial charge is 0.390 e. The van der Waals surface area contributed by atoms with Crippen molar-refractivity contribution in [3.05, 3.63) is 36.4 Å². The lowest BCUT2D eigenvalue weighted by Crippen LogP contribution is -2.49. The SMILES string of the molecule is O=C1CCc2c(cccc2N2CCN(CC(O)Cn3cnnc3)CC2)N1. The van der Waals surface area contributed by atoms with Crippen molar-refractivity contribution in [2.45, 2.75) is 25.5 Å². The number of nitrogens with zero attached hydrogens (tertiary/aromatic N) is 5. The molecule has 1 aromatic heterocycles. The van der Waals surface area contributed by atoms with Crippen LogP contribution in [0.4, 0.5) is 11.4 Å². The number of hydrogen-bond acceptors (Lipinski definition) is 6. The first kappa shape index (κ1) is 17.0. The number of rotatable bonds is 5. The summed E-state index contributed by atoms with van der Waals surface area (Å²) < 4.78 is 1.80. The number of amides is 1. The van der Waals surface area contributed by atoms with Gasteiger partial charge in [0.2, 0.25) is 5.91 Å². The topological polar surface area (TPSA) is 86.5 Å². The summed E-state index contributed by atoms with van der Waals surface area (Å²) in [6.45, 7) is 4.83. The van der Waals surface area contributed by atoms with Crippen LogP contribution in [0.25, 0.3) is 0 Å². The lowest BCUT2D eigenvalue weighted by molar-refractivity contribution is -0.116. The molecule has 8 nitrogen and oxygen atoms in total. The highest BCUT2D eigenvalue weighted by molar-refractivity contribution is 5.95. The van der Waals surface area contributed by atoms with E-state index in [4.69, 9.17) is 0 Å². The van der Waals surface area contributed by atoms with E-state index < -0.39 is 6.10 Å². The smallest absolute Gasteiger partial charge is 0.224 e. The van der Waals surface area contributed by atoms with Crippen LogP contribution in [0.15, 0.2) is 30.9 Å². The van der Waals surface area contributed by atoms with Gasteiger partial charge < -0.3 is 19.9 Å². The van der Waals surface area contributed by atoms with Crippen LogP contribution in [0.5, 0.6) is 0 Å². The second-order valence-corrected chi connectivity index (χ2v) is 6.95. The minimum Gasteiger partial charge on any atom is -0.390 e. The molecule has 26 heavy (non-hydrogen) atoms. The van der Waals surface area contributed by atoms with Gasteiger partial charge in [-0.05, 0) is 24.1 Å². The Morgan fingerprint density at radius 2 is 1.85 bits per heavy atom. The fraction of sp³-hybridized carbons (Fsp3) is 0.500. The number of aliphatic hydroxyl groups is 1. The van der Waals surface area contributed by atoms with Gasteiger partial charge in [0.05, 0.1) is 12.6 Å². The van der Waals surface area contributed by atoms with Crippen LogP contribution < -0.4 is 10.2 Å². The van der Waals surface area contributed by atoms with Gasteiger partial charge in [-0.15, -0.1) is 10.2 Å². The molecule has 1 amide bonds. The number of hydrogen-bond donors (Lipinski definition) is 2. The van der Waals surface area contributed by atoms with Gasteiger partial charge in [-0.2, -0.15) is 0 Å². The molecule has 1 aromatic carbocycles. The van der Waals surface area contributed by atoms with Crippen LogP contribution in [-0.4, -0.2) is 69.5 Å². The molecule has 0 saturated carbocycles. The van der Waals surface area contributed by atoms with Crippen LogP contribution in [0.3, 0.4) is 0 Å². The van der Waals surface area contributed by atoms with Crippen molar-refractivity contribution in [3.8, 4) is 0 Å². The molecule has 2 aliphatic rings. The highest BCUT2D eigenvalue weighted by atomic mass is 16.3. The fourth-order valence-corrected chi connectivity index (χ4v) is 3.79. The van der Waals surface area contributed by atoms with Crippen molar-refractivity contribution in [3.63, 3.8) is 0 Å². The first-order valence-electron chi connectivity index (χ1n) is 9.08. The molecule has 0 aliphatic carbocycles. The van der Waals surface area contributed by atoms with Gasteiger partial charge in [0.25, 0.3) is 0 Å². The molecule has 1 fully saturated rings. The van der Waals surface area contributed by atoms with Crippen LogP contribution in [-0.2, 0) is 17.8 Å². The lowest BCUT2D eigenvalue weighted by atomic mass is 10.00. The van der Waals surface area contributed by atoms with E-state index in [1.807, 2.05) is 12.1 Å². The minimum absolute atomic E-state index is 0.0987. The number of benzene rings is 1. The maximum atomic E-state index is 11.6. The summed E-state index contributed by atoms with van der Waals surface area (Å²) >= 11 is 0. The summed E-state index contributed by atoms with van der Waals surface area (Å²) in [5.41, 5.74) is 3.42. The monoisotopic (exact) mass is 356 g/mol. The summed E-state index contributed by atoms with van der Waals surface area (Å²) in [6, 6.07) is 6.13. The molecule has 4 rings (SSSR count). The molecule has 1 saturated heterocycles. The average molecular weight is 356 g/mol. The van der Waals surface area contributed by atoms with E-state index in [1.54, 1.807) is 17.2 Å². The van der Waals surface area contributed by atoms with Gasteiger partial charge in [0, 0.05) is 50.5 Å². The van der Waals surface area contributed by atoms with E-state index in [0.717, 1.165) is 38.3 Å². The van der Waals surface area contributed by atoms with E-state index in [1.165, 1.54) is 11.3 Å². The van der Waals surface area contributed by atoms with Gasteiger partial charge in [0.15, 0.2) is 0 Å². The first-order chi connectivity index (χ1) is 12.7. The lowest BCUT2D eigenvalue weighted by Gasteiger charge is -2.38. The second-order valence-electron chi connectivity index (χ2n) is 6.95. The normalized spacial score (nSPS) is 19.1. The molecule has 3 heterocycles. The number of β-amino-alcohol motifs (C(OH)–C–C–N with tert-alkyl or cyclic N) is 1. The van der Waals surface area contributed by atoms with Crippen molar-refractivity contribution in [1.29, 1.82) is 0 Å². The van der Waals surface area contributed by atoms with Gasteiger partial charge in [-0.3, -0.25) is 9.69 Å². The Kier molecular flexibility index (Phi) is 4.85. The Bertz CT molecular complexity index is 755. The minimum atomic E-state index is -0.433.